The largest absolute Gasteiger partial charge is 0.506 e. The monoisotopic (exact) mass is 228 g/mol. The van der Waals surface area contributed by atoms with E-state index in [1.807, 2.05) is 0 Å². The van der Waals surface area contributed by atoms with Gasteiger partial charge in [0.05, 0.1) is 11.4 Å². The van der Waals surface area contributed by atoms with Gasteiger partial charge in [0.1, 0.15) is 5.75 Å². The zero-order chi connectivity index (χ0) is 11.4. The van der Waals surface area contributed by atoms with Crippen LogP contribution in [0.1, 0.15) is 23.2 Å². The van der Waals surface area contributed by atoms with Gasteiger partial charge in [0.25, 0.3) is 0 Å². The van der Waals surface area contributed by atoms with Crippen LogP contribution in [-0.2, 0) is 4.79 Å². The number of phenols is 1. The fourth-order valence-corrected chi connectivity index (χ4v) is 1.32. The molecule has 0 spiro atoms. The molecule has 80 valence electrons. The Bertz CT molecular complexity index is 400. The Balaban J connectivity index is 2.82. The second-order valence-electron chi connectivity index (χ2n) is 2.96. The number of carboxylic acid groups (broad SMARTS) is 1. The number of carbonyl (C=O) groups is 2. The number of Topliss-reactive ketones (excluding diaryl/α,β-unsaturated/α-hetero) is 1. The summed E-state index contributed by atoms with van der Waals surface area (Å²) in [7, 11) is 0. The van der Waals surface area contributed by atoms with Gasteiger partial charge in [-0.05, 0) is 12.1 Å². The number of aliphatic carboxylic acids is 1. The molecule has 0 aliphatic carbocycles. The molecule has 1 aromatic carbocycles. The van der Waals surface area contributed by atoms with E-state index in [9.17, 15) is 14.7 Å². The van der Waals surface area contributed by atoms with E-state index in [0.29, 0.717) is 0 Å². The average molecular weight is 229 g/mol. The molecule has 1 aromatic rings. The Labute approximate surface area is 91.1 Å². The third-order valence-corrected chi connectivity index (χ3v) is 2.24. The first-order chi connectivity index (χ1) is 7.02. The fourth-order valence-electron chi connectivity index (χ4n) is 1.09. The summed E-state index contributed by atoms with van der Waals surface area (Å²) >= 11 is 5.69. The second kappa shape index (κ2) is 4.79. The molecular formula is C10H9ClO4. The maximum Gasteiger partial charge on any atom is 0.303 e. The molecule has 15 heavy (non-hydrogen) atoms. The van der Waals surface area contributed by atoms with Crippen molar-refractivity contribution in [3.63, 3.8) is 0 Å². The van der Waals surface area contributed by atoms with Gasteiger partial charge in [-0.3, -0.25) is 9.59 Å². The van der Waals surface area contributed by atoms with E-state index in [4.69, 9.17) is 16.7 Å². The van der Waals surface area contributed by atoms with Crippen molar-refractivity contribution in [1.82, 2.24) is 0 Å². The van der Waals surface area contributed by atoms with Crippen molar-refractivity contribution in [3.8, 4) is 5.75 Å². The van der Waals surface area contributed by atoms with Crippen LogP contribution in [0.2, 0.25) is 5.02 Å². The first kappa shape index (κ1) is 11.5. The first-order valence-corrected chi connectivity index (χ1v) is 4.62. The smallest absolute Gasteiger partial charge is 0.303 e. The molecule has 4 nitrogen and oxygen atoms in total. The van der Waals surface area contributed by atoms with Gasteiger partial charge in [0.15, 0.2) is 5.78 Å². The van der Waals surface area contributed by atoms with Crippen molar-refractivity contribution in [2.45, 2.75) is 12.8 Å². The van der Waals surface area contributed by atoms with Gasteiger partial charge >= 0.3 is 5.97 Å². The quantitative estimate of drug-likeness (QED) is 0.774. The Morgan fingerprint density at radius 3 is 2.53 bits per heavy atom. The lowest BCUT2D eigenvalue weighted by Crippen LogP contribution is -2.04. The van der Waals surface area contributed by atoms with Crippen LogP contribution in [0.3, 0.4) is 0 Å². The number of carboxylic acids is 1. The summed E-state index contributed by atoms with van der Waals surface area (Å²) < 4.78 is 0. The SMILES string of the molecule is O=C(O)CCC(=O)c1cccc(O)c1Cl. The van der Waals surface area contributed by atoms with Crippen LogP contribution < -0.4 is 0 Å². The summed E-state index contributed by atoms with van der Waals surface area (Å²) in [5, 5.41) is 17.6. The Kier molecular flexibility index (Phi) is 3.68. The topological polar surface area (TPSA) is 74.6 Å². The van der Waals surface area contributed by atoms with E-state index in [2.05, 4.69) is 0 Å². The summed E-state index contributed by atoms with van der Waals surface area (Å²) in [6, 6.07) is 4.29. The highest BCUT2D eigenvalue weighted by Gasteiger charge is 2.13. The number of carbonyl (C=O) groups excluding carboxylic acids is 1. The molecule has 0 atom stereocenters. The standard InChI is InChI=1S/C10H9ClO4/c11-10-6(2-1-3-8(10)13)7(12)4-5-9(14)15/h1-3,13H,4-5H2,(H,14,15). The van der Waals surface area contributed by atoms with Gasteiger partial charge < -0.3 is 10.2 Å². The summed E-state index contributed by atoms with van der Waals surface area (Å²) in [4.78, 5) is 21.7. The third kappa shape index (κ3) is 2.95. The molecular weight excluding hydrogens is 220 g/mol. The van der Waals surface area contributed by atoms with Crippen LogP contribution in [0, 0.1) is 0 Å². The molecule has 0 saturated carbocycles. The van der Waals surface area contributed by atoms with Crippen molar-refractivity contribution in [2.75, 3.05) is 0 Å². The normalized spacial score (nSPS) is 9.93. The molecule has 0 unspecified atom stereocenters. The third-order valence-electron chi connectivity index (χ3n) is 1.84. The molecule has 2 N–H and O–H groups in total. The fraction of sp³-hybridized carbons (Fsp3) is 0.200. The van der Waals surface area contributed by atoms with Crippen LogP contribution in [0.4, 0.5) is 0 Å². The Morgan fingerprint density at radius 2 is 1.93 bits per heavy atom. The van der Waals surface area contributed by atoms with Crippen LogP contribution in [0.5, 0.6) is 5.75 Å². The predicted octanol–water partition coefficient (Wildman–Crippen LogP) is 2.09. The lowest BCUT2D eigenvalue weighted by Gasteiger charge is -2.03. The molecule has 0 radical (unpaired) electrons. The number of hydrogen-bond donors (Lipinski definition) is 2. The summed E-state index contributed by atoms with van der Waals surface area (Å²) in [5.41, 5.74) is 0.151. The predicted molar refractivity (Wildman–Crippen MR) is 54.3 cm³/mol. The minimum atomic E-state index is -1.04. The van der Waals surface area contributed by atoms with Gasteiger partial charge in [0, 0.05) is 12.0 Å². The van der Waals surface area contributed by atoms with Crippen LogP contribution >= 0.6 is 11.6 Å². The molecule has 5 heteroatoms. The van der Waals surface area contributed by atoms with Gasteiger partial charge in [-0.25, -0.2) is 0 Å². The number of ketones is 1. The molecule has 0 bridgehead atoms. The van der Waals surface area contributed by atoms with Crippen LogP contribution in [0.15, 0.2) is 18.2 Å². The Hall–Kier alpha value is -1.55. The molecule has 1 rings (SSSR count). The van der Waals surface area contributed by atoms with Gasteiger partial charge in [-0.1, -0.05) is 17.7 Å². The average Bonchev–Trinajstić information content (AvgIpc) is 2.18. The van der Waals surface area contributed by atoms with E-state index < -0.39 is 11.8 Å². The van der Waals surface area contributed by atoms with Crippen molar-refractivity contribution < 1.29 is 19.8 Å². The molecule has 0 amide bonds. The lowest BCUT2D eigenvalue weighted by atomic mass is 10.1. The summed E-state index contributed by atoms with van der Waals surface area (Å²) in [5.74, 6) is -1.62. The molecule has 0 aliphatic rings. The van der Waals surface area contributed by atoms with E-state index in [1.54, 1.807) is 0 Å². The molecule has 0 saturated heterocycles. The highest BCUT2D eigenvalue weighted by Crippen LogP contribution is 2.27. The highest BCUT2D eigenvalue weighted by atomic mass is 35.5. The van der Waals surface area contributed by atoms with Gasteiger partial charge in [-0.15, -0.1) is 0 Å². The first-order valence-electron chi connectivity index (χ1n) is 4.25. The van der Waals surface area contributed by atoms with Gasteiger partial charge in [-0.2, -0.15) is 0 Å². The zero-order valence-electron chi connectivity index (χ0n) is 7.74. The number of aromatic hydroxyl groups is 1. The lowest BCUT2D eigenvalue weighted by molar-refractivity contribution is -0.136. The number of benzene rings is 1. The van der Waals surface area contributed by atoms with Crippen molar-refractivity contribution in [1.29, 1.82) is 0 Å². The van der Waals surface area contributed by atoms with E-state index in [-0.39, 0.29) is 29.2 Å². The Morgan fingerprint density at radius 1 is 1.27 bits per heavy atom. The summed E-state index contributed by atoms with van der Waals surface area (Å²) in [6.07, 6.45) is -0.372. The zero-order valence-corrected chi connectivity index (χ0v) is 8.49. The molecule has 0 fully saturated rings. The minimum absolute atomic E-state index is 0.0344. The molecule has 0 aromatic heterocycles. The number of hydrogen-bond acceptors (Lipinski definition) is 3. The van der Waals surface area contributed by atoms with E-state index in [0.717, 1.165) is 0 Å². The molecule has 0 aliphatic heterocycles. The van der Waals surface area contributed by atoms with E-state index >= 15 is 0 Å². The summed E-state index contributed by atoms with van der Waals surface area (Å²) in [6.45, 7) is 0. The van der Waals surface area contributed by atoms with Crippen LogP contribution in [-0.4, -0.2) is 22.0 Å². The molecule has 0 heterocycles. The number of halogens is 1. The number of rotatable bonds is 4. The second-order valence-corrected chi connectivity index (χ2v) is 3.33. The van der Waals surface area contributed by atoms with Crippen LogP contribution in [0.25, 0.3) is 0 Å². The highest BCUT2D eigenvalue weighted by molar-refractivity contribution is 6.35. The van der Waals surface area contributed by atoms with Crippen molar-refractivity contribution in [3.05, 3.63) is 28.8 Å². The van der Waals surface area contributed by atoms with Crippen molar-refractivity contribution >= 4 is 23.4 Å². The van der Waals surface area contributed by atoms with E-state index in [1.165, 1.54) is 18.2 Å². The maximum atomic E-state index is 11.5. The number of phenolic OH excluding ortho intramolecular Hbond substituents is 1. The maximum absolute atomic E-state index is 11.5. The minimum Gasteiger partial charge on any atom is -0.506 e. The van der Waals surface area contributed by atoms with Crippen molar-refractivity contribution in [2.24, 2.45) is 0 Å². The van der Waals surface area contributed by atoms with Gasteiger partial charge in [0.2, 0.25) is 0 Å².